The molecule has 0 aromatic carbocycles. The van der Waals surface area contributed by atoms with Gasteiger partial charge in [0, 0.05) is 5.69 Å². The van der Waals surface area contributed by atoms with Gasteiger partial charge in [-0.2, -0.15) is 8.42 Å². The highest BCUT2D eigenvalue weighted by atomic mass is 35.5. The Morgan fingerprint density at radius 3 is 2.61 bits per heavy atom. The molecule has 0 spiro atoms. The number of aryl methyl sites for hydroxylation is 2. The first kappa shape index (κ1) is 12.8. The van der Waals surface area contributed by atoms with Gasteiger partial charge in [-0.1, -0.05) is 11.6 Å². The molecule has 0 amide bonds. The van der Waals surface area contributed by atoms with Crippen LogP contribution in [0.5, 0.6) is 0 Å². The van der Waals surface area contributed by atoms with Crippen LogP contribution in [-0.2, 0) is 10.0 Å². The smallest absolute Gasteiger partial charge is 0.281 e. The summed E-state index contributed by atoms with van der Waals surface area (Å²) in [5.41, 5.74) is 0.563. The number of aromatic amines is 1. The van der Waals surface area contributed by atoms with Crippen LogP contribution in [0.4, 0.5) is 5.95 Å². The van der Waals surface area contributed by atoms with Crippen molar-refractivity contribution in [1.82, 2.24) is 19.9 Å². The average molecular weight is 288 g/mol. The molecule has 2 aromatic heterocycles. The zero-order valence-electron chi connectivity index (χ0n) is 9.60. The van der Waals surface area contributed by atoms with Crippen molar-refractivity contribution < 1.29 is 8.42 Å². The van der Waals surface area contributed by atoms with Gasteiger partial charge in [-0.05, 0) is 19.9 Å². The third kappa shape index (κ3) is 2.77. The molecule has 0 aliphatic rings. The Balaban J connectivity index is 2.33. The molecule has 0 radical (unpaired) electrons. The summed E-state index contributed by atoms with van der Waals surface area (Å²) in [6, 6.07) is 1.53. The molecule has 0 aliphatic carbocycles. The lowest BCUT2D eigenvalue weighted by molar-refractivity contribution is 0.597. The second kappa shape index (κ2) is 4.54. The molecular weight excluding hydrogens is 278 g/mol. The maximum absolute atomic E-state index is 11.9. The maximum atomic E-state index is 11.9. The van der Waals surface area contributed by atoms with E-state index < -0.39 is 10.0 Å². The molecule has 0 atom stereocenters. The second-order valence-electron chi connectivity index (χ2n) is 3.59. The summed E-state index contributed by atoms with van der Waals surface area (Å²) in [6.07, 6.45) is 1.22. The van der Waals surface area contributed by atoms with Gasteiger partial charge in [0.05, 0.1) is 6.20 Å². The van der Waals surface area contributed by atoms with Crippen LogP contribution in [0.15, 0.2) is 17.3 Å². The number of halogens is 1. The predicted molar refractivity (Wildman–Crippen MR) is 65.9 cm³/mol. The largest absolute Gasteiger partial charge is 0.332 e. The molecule has 96 valence electrons. The molecule has 0 saturated carbocycles. The molecule has 2 aromatic rings. The van der Waals surface area contributed by atoms with E-state index in [2.05, 4.69) is 24.7 Å². The van der Waals surface area contributed by atoms with Gasteiger partial charge in [-0.25, -0.2) is 19.7 Å². The summed E-state index contributed by atoms with van der Waals surface area (Å²) in [4.78, 5) is 14.1. The molecule has 9 heteroatoms. The van der Waals surface area contributed by atoms with E-state index in [1.165, 1.54) is 12.3 Å². The van der Waals surface area contributed by atoms with Gasteiger partial charge in [-0.3, -0.25) is 0 Å². The van der Waals surface area contributed by atoms with Gasteiger partial charge < -0.3 is 4.98 Å². The van der Waals surface area contributed by atoms with Crippen LogP contribution in [0.3, 0.4) is 0 Å². The summed E-state index contributed by atoms with van der Waals surface area (Å²) >= 11 is 5.72. The van der Waals surface area contributed by atoms with Crippen molar-refractivity contribution in [2.45, 2.75) is 18.9 Å². The van der Waals surface area contributed by atoms with Gasteiger partial charge in [-0.15, -0.1) is 0 Å². The van der Waals surface area contributed by atoms with Crippen molar-refractivity contribution in [2.24, 2.45) is 0 Å². The summed E-state index contributed by atoms with van der Waals surface area (Å²) in [5, 5.41) is 0.113. The normalized spacial score (nSPS) is 11.5. The molecular formula is C9H10ClN5O2S. The van der Waals surface area contributed by atoms with Crippen LogP contribution in [0.1, 0.15) is 11.5 Å². The van der Waals surface area contributed by atoms with E-state index in [1.54, 1.807) is 13.8 Å². The Morgan fingerprint density at radius 2 is 2.06 bits per heavy atom. The number of sulfonamides is 1. The molecule has 0 bridgehead atoms. The zero-order valence-corrected chi connectivity index (χ0v) is 11.2. The van der Waals surface area contributed by atoms with Crippen LogP contribution < -0.4 is 4.72 Å². The van der Waals surface area contributed by atoms with Crippen molar-refractivity contribution in [1.29, 1.82) is 0 Å². The summed E-state index contributed by atoms with van der Waals surface area (Å²) in [5.74, 6) is 0.422. The number of aromatic nitrogens is 4. The highest BCUT2D eigenvalue weighted by molar-refractivity contribution is 7.92. The fraction of sp³-hybridized carbons (Fsp3) is 0.222. The summed E-state index contributed by atoms with van der Waals surface area (Å²) in [6.45, 7) is 3.34. The minimum absolute atomic E-state index is 0.0544. The first-order chi connectivity index (χ1) is 8.37. The summed E-state index contributed by atoms with van der Waals surface area (Å²) < 4.78 is 26.1. The fourth-order valence-electron chi connectivity index (χ4n) is 1.29. The fourth-order valence-corrected chi connectivity index (χ4v) is 2.44. The number of hydrogen-bond acceptors (Lipinski definition) is 5. The Kier molecular flexibility index (Phi) is 3.22. The number of H-pyrrole nitrogens is 1. The lowest BCUT2D eigenvalue weighted by Gasteiger charge is -2.05. The standard InChI is InChI=1S/C9H10ClN5O2S/c1-5-3-7(10)14-9(12-5)15-18(16,17)8-4-11-6(2)13-8/h3-4H,1-2H3,(H,11,13)(H,12,14,15). The molecule has 0 aliphatic heterocycles. The molecule has 0 unspecified atom stereocenters. The second-order valence-corrected chi connectivity index (χ2v) is 5.63. The number of anilines is 1. The van der Waals surface area contributed by atoms with Crippen molar-refractivity contribution in [2.75, 3.05) is 4.72 Å². The van der Waals surface area contributed by atoms with Crippen molar-refractivity contribution in [3.63, 3.8) is 0 Å². The lowest BCUT2D eigenvalue weighted by Crippen LogP contribution is -2.15. The number of rotatable bonds is 3. The van der Waals surface area contributed by atoms with E-state index in [1.807, 2.05) is 0 Å². The van der Waals surface area contributed by atoms with Crippen LogP contribution in [-0.4, -0.2) is 28.4 Å². The summed E-state index contributed by atoms with van der Waals surface area (Å²) in [7, 11) is -3.78. The molecule has 0 fully saturated rings. The SMILES string of the molecule is Cc1cc(Cl)nc(NS(=O)(=O)c2cnc(C)[nH]2)n1. The highest BCUT2D eigenvalue weighted by Gasteiger charge is 2.18. The number of nitrogens with one attached hydrogen (secondary N) is 2. The molecule has 0 saturated heterocycles. The van der Waals surface area contributed by atoms with Crippen molar-refractivity contribution in [3.05, 3.63) is 28.9 Å². The minimum atomic E-state index is -3.78. The first-order valence-corrected chi connectivity index (χ1v) is 6.78. The Labute approximate surface area is 109 Å². The molecule has 2 heterocycles. The molecule has 2 N–H and O–H groups in total. The van der Waals surface area contributed by atoms with Gasteiger partial charge in [0.15, 0.2) is 5.03 Å². The van der Waals surface area contributed by atoms with Crippen LogP contribution in [0, 0.1) is 13.8 Å². The molecule has 7 nitrogen and oxygen atoms in total. The number of nitrogens with zero attached hydrogens (tertiary/aromatic N) is 3. The Hall–Kier alpha value is -1.67. The van der Waals surface area contributed by atoms with Gasteiger partial charge in [0.1, 0.15) is 11.0 Å². The third-order valence-electron chi connectivity index (χ3n) is 2.02. The number of hydrogen-bond donors (Lipinski definition) is 2. The van der Waals surface area contributed by atoms with Crippen LogP contribution in [0.25, 0.3) is 0 Å². The van der Waals surface area contributed by atoms with Gasteiger partial charge in [0.2, 0.25) is 5.95 Å². The lowest BCUT2D eigenvalue weighted by atomic mass is 10.5. The Bertz CT molecular complexity index is 662. The maximum Gasteiger partial charge on any atom is 0.281 e. The van der Waals surface area contributed by atoms with E-state index in [9.17, 15) is 8.42 Å². The average Bonchev–Trinajstić information content (AvgIpc) is 2.62. The van der Waals surface area contributed by atoms with E-state index in [0.29, 0.717) is 11.5 Å². The first-order valence-electron chi connectivity index (χ1n) is 4.92. The Morgan fingerprint density at radius 1 is 1.33 bits per heavy atom. The predicted octanol–water partition coefficient (Wildman–Crippen LogP) is 1.27. The van der Waals surface area contributed by atoms with Gasteiger partial charge >= 0.3 is 0 Å². The van der Waals surface area contributed by atoms with E-state index in [-0.39, 0.29) is 16.1 Å². The van der Waals surface area contributed by atoms with Crippen molar-refractivity contribution in [3.8, 4) is 0 Å². The highest BCUT2D eigenvalue weighted by Crippen LogP contribution is 2.14. The third-order valence-corrected chi connectivity index (χ3v) is 3.45. The quantitative estimate of drug-likeness (QED) is 0.828. The minimum Gasteiger partial charge on any atom is -0.332 e. The van der Waals surface area contributed by atoms with E-state index in [0.717, 1.165) is 0 Å². The number of imidazole rings is 1. The van der Waals surface area contributed by atoms with Crippen LogP contribution >= 0.6 is 11.6 Å². The van der Waals surface area contributed by atoms with Crippen molar-refractivity contribution >= 4 is 27.6 Å². The molecule has 18 heavy (non-hydrogen) atoms. The topological polar surface area (TPSA) is 101 Å². The monoisotopic (exact) mass is 287 g/mol. The van der Waals surface area contributed by atoms with Gasteiger partial charge in [0.25, 0.3) is 10.0 Å². The van der Waals surface area contributed by atoms with E-state index in [4.69, 9.17) is 11.6 Å². The van der Waals surface area contributed by atoms with E-state index >= 15 is 0 Å². The molecule has 2 rings (SSSR count). The zero-order chi connectivity index (χ0) is 13.3. The van der Waals surface area contributed by atoms with Crippen LogP contribution in [0.2, 0.25) is 5.15 Å².